The molecule has 1 aromatic carbocycles. The third-order valence-electron chi connectivity index (χ3n) is 2.24. The van der Waals surface area contributed by atoms with Crippen LogP contribution >= 0.6 is 11.6 Å². The lowest BCUT2D eigenvalue weighted by Crippen LogP contribution is -2.13. The molecule has 0 saturated carbocycles. The van der Waals surface area contributed by atoms with Crippen molar-refractivity contribution in [2.45, 2.75) is 0 Å². The summed E-state index contributed by atoms with van der Waals surface area (Å²) in [5.74, 6) is -1.20. The van der Waals surface area contributed by atoms with E-state index >= 15 is 0 Å². The van der Waals surface area contributed by atoms with Gasteiger partial charge in [0.15, 0.2) is 18.1 Å². The third-order valence-corrected chi connectivity index (χ3v) is 2.45. The number of carbonyl (C=O) groups is 2. The van der Waals surface area contributed by atoms with Crippen LogP contribution in [0.15, 0.2) is 18.2 Å². The Labute approximate surface area is 120 Å². The molecule has 108 valence electrons. The molecule has 0 aromatic heterocycles. The number of carbonyl (C=O) groups excluding carboxylic acids is 1. The van der Waals surface area contributed by atoms with Gasteiger partial charge in [0, 0.05) is 22.7 Å². The van der Waals surface area contributed by atoms with Crippen LogP contribution in [0.3, 0.4) is 0 Å². The summed E-state index contributed by atoms with van der Waals surface area (Å²) in [5.41, 5.74) is 0.376. The van der Waals surface area contributed by atoms with Crippen LogP contribution < -0.4 is 9.47 Å². The topological polar surface area (TPSA) is 82.1 Å². The number of carboxylic acid groups (broad SMARTS) is 1. The van der Waals surface area contributed by atoms with E-state index in [-0.39, 0.29) is 18.1 Å². The molecule has 6 nitrogen and oxygen atoms in total. The quantitative estimate of drug-likeness (QED) is 0.639. The molecule has 0 unspecified atom stereocenters. The molecule has 0 atom stereocenters. The zero-order valence-electron chi connectivity index (χ0n) is 10.9. The van der Waals surface area contributed by atoms with Gasteiger partial charge in [0.05, 0.1) is 14.2 Å². The first-order valence-corrected chi connectivity index (χ1v) is 5.84. The molecule has 0 radical (unpaired) electrons. The number of hydrogen-bond acceptors (Lipinski definition) is 5. The van der Waals surface area contributed by atoms with Gasteiger partial charge in [-0.3, -0.25) is 0 Å². The molecule has 0 aliphatic carbocycles. The van der Waals surface area contributed by atoms with Crippen LogP contribution in [0, 0.1) is 0 Å². The van der Waals surface area contributed by atoms with E-state index in [0.29, 0.717) is 10.6 Å². The van der Waals surface area contributed by atoms with E-state index in [0.717, 1.165) is 6.08 Å². The first-order valence-electron chi connectivity index (χ1n) is 5.46. The first-order chi connectivity index (χ1) is 9.47. The van der Waals surface area contributed by atoms with Gasteiger partial charge in [-0.05, 0) is 12.1 Å². The number of ether oxygens (including phenoxy) is 3. The van der Waals surface area contributed by atoms with Crippen molar-refractivity contribution in [2.24, 2.45) is 0 Å². The molecule has 1 rings (SSSR count). The van der Waals surface area contributed by atoms with E-state index in [1.54, 1.807) is 0 Å². The summed E-state index contributed by atoms with van der Waals surface area (Å²) >= 11 is 5.90. The molecule has 0 heterocycles. The molecule has 0 spiro atoms. The lowest BCUT2D eigenvalue weighted by molar-refractivity contribution is -0.143. The van der Waals surface area contributed by atoms with Gasteiger partial charge in [0.25, 0.3) is 0 Å². The predicted molar refractivity (Wildman–Crippen MR) is 72.2 cm³/mol. The summed E-state index contributed by atoms with van der Waals surface area (Å²) in [6.07, 6.45) is 2.22. The Balaban J connectivity index is 3.15. The molecule has 7 heteroatoms. The highest BCUT2D eigenvalue weighted by molar-refractivity contribution is 6.31. The number of benzene rings is 1. The van der Waals surface area contributed by atoms with Gasteiger partial charge in [0.1, 0.15) is 0 Å². The average Bonchev–Trinajstić information content (AvgIpc) is 2.42. The van der Waals surface area contributed by atoms with E-state index in [1.165, 1.54) is 32.4 Å². The van der Waals surface area contributed by atoms with Crippen LogP contribution in [0.5, 0.6) is 11.5 Å². The molecule has 1 N–H and O–H groups in total. The minimum absolute atomic E-state index is 0.208. The zero-order valence-corrected chi connectivity index (χ0v) is 11.6. The molecule has 20 heavy (non-hydrogen) atoms. The number of halogens is 1. The average molecular weight is 301 g/mol. The second-order valence-electron chi connectivity index (χ2n) is 3.56. The molecule has 0 fully saturated rings. The van der Waals surface area contributed by atoms with Crippen LogP contribution in [-0.2, 0) is 14.3 Å². The van der Waals surface area contributed by atoms with E-state index < -0.39 is 11.9 Å². The van der Waals surface area contributed by atoms with Gasteiger partial charge >= 0.3 is 11.9 Å². The van der Waals surface area contributed by atoms with Crippen molar-refractivity contribution < 1.29 is 28.9 Å². The van der Waals surface area contributed by atoms with Gasteiger partial charge in [-0.2, -0.15) is 0 Å². The maximum absolute atomic E-state index is 11.1. The Kier molecular flexibility index (Phi) is 5.86. The normalized spacial score (nSPS) is 10.3. The number of carboxylic acids is 1. The highest BCUT2D eigenvalue weighted by Crippen LogP contribution is 2.35. The maximum atomic E-state index is 11.1. The fourth-order valence-corrected chi connectivity index (χ4v) is 1.59. The van der Waals surface area contributed by atoms with Crippen molar-refractivity contribution in [1.82, 2.24) is 0 Å². The summed E-state index contributed by atoms with van der Waals surface area (Å²) < 4.78 is 14.9. The molecule has 1 aromatic rings. The molecular weight excluding hydrogens is 288 g/mol. The van der Waals surface area contributed by atoms with Crippen molar-refractivity contribution in [1.29, 1.82) is 0 Å². The summed E-state index contributed by atoms with van der Waals surface area (Å²) in [5, 5.41) is 9.00. The largest absolute Gasteiger partial charge is 0.493 e. The number of esters is 1. The summed E-state index contributed by atoms with van der Waals surface area (Å²) in [6, 6.07) is 2.99. The summed E-state index contributed by atoms with van der Waals surface area (Å²) in [4.78, 5) is 21.7. The SMILES string of the molecule is COC(=O)COc1c(/C=C/C(=O)O)cc(Cl)cc1OC. The number of rotatable bonds is 6. The zero-order chi connectivity index (χ0) is 15.1. The number of aliphatic carboxylic acids is 1. The second kappa shape index (κ2) is 7.40. The first kappa shape index (κ1) is 15.8. The lowest BCUT2D eigenvalue weighted by Gasteiger charge is -2.13. The van der Waals surface area contributed by atoms with E-state index in [1.807, 2.05) is 0 Å². The van der Waals surface area contributed by atoms with Gasteiger partial charge in [0.2, 0.25) is 0 Å². The second-order valence-corrected chi connectivity index (χ2v) is 4.00. The monoisotopic (exact) mass is 300 g/mol. The molecule has 0 aliphatic heterocycles. The Bertz CT molecular complexity index is 538. The van der Waals surface area contributed by atoms with Crippen molar-refractivity contribution in [3.05, 3.63) is 28.8 Å². The van der Waals surface area contributed by atoms with Gasteiger partial charge in [-0.25, -0.2) is 9.59 Å². The molecule has 0 bridgehead atoms. The van der Waals surface area contributed by atoms with Gasteiger partial charge < -0.3 is 19.3 Å². The van der Waals surface area contributed by atoms with Crippen molar-refractivity contribution in [3.63, 3.8) is 0 Å². The van der Waals surface area contributed by atoms with Crippen molar-refractivity contribution >= 4 is 29.6 Å². The predicted octanol–water partition coefficient (Wildman–Crippen LogP) is 2.00. The molecule has 0 amide bonds. The minimum Gasteiger partial charge on any atom is -0.493 e. The standard InChI is InChI=1S/C13H13ClO6/c1-18-10-6-9(14)5-8(3-4-11(15)16)13(10)20-7-12(17)19-2/h3-6H,7H2,1-2H3,(H,15,16)/b4-3+. The third kappa shape index (κ3) is 4.47. The van der Waals surface area contributed by atoms with E-state index in [9.17, 15) is 9.59 Å². The van der Waals surface area contributed by atoms with Gasteiger partial charge in [-0.15, -0.1) is 0 Å². The lowest BCUT2D eigenvalue weighted by atomic mass is 10.1. The van der Waals surface area contributed by atoms with Crippen molar-refractivity contribution in [3.8, 4) is 11.5 Å². The van der Waals surface area contributed by atoms with E-state index in [2.05, 4.69) is 4.74 Å². The minimum atomic E-state index is -1.12. The van der Waals surface area contributed by atoms with E-state index in [4.69, 9.17) is 26.2 Å². The highest BCUT2D eigenvalue weighted by atomic mass is 35.5. The summed E-state index contributed by atoms with van der Waals surface area (Å²) in [7, 11) is 2.64. The Hall–Kier alpha value is -2.21. The van der Waals surface area contributed by atoms with Crippen LogP contribution in [-0.4, -0.2) is 37.9 Å². The van der Waals surface area contributed by atoms with Crippen LogP contribution in [0.2, 0.25) is 5.02 Å². The van der Waals surface area contributed by atoms with Crippen LogP contribution in [0.25, 0.3) is 6.08 Å². The van der Waals surface area contributed by atoms with Gasteiger partial charge in [-0.1, -0.05) is 11.6 Å². The fraction of sp³-hybridized carbons (Fsp3) is 0.231. The molecule has 0 aliphatic rings. The molecular formula is C13H13ClO6. The van der Waals surface area contributed by atoms with Crippen LogP contribution in [0.4, 0.5) is 0 Å². The Morgan fingerprint density at radius 2 is 2.05 bits per heavy atom. The maximum Gasteiger partial charge on any atom is 0.343 e. The number of hydrogen-bond donors (Lipinski definition) is 1. The van der Waals surface area contributed by atoms with Crippen molar-refractivity contribution in [2.75, 3.05) is 20.8 Å². The Morgan fingerprint density at radius 3 is 2.60 bits per heavy atom. The highest BCUT2D eigenvalue weighted by Gasteiger charge is 2.13. The Morgan fingerprint density at radius 1 is 1.35 bits per heavy atom. The summed E-state index contributed by atoms with van der Waals surface area (Å²) in [6.45, 7) is -0.331. The number of methoxy groups -OCH3 is 2. The molecule has 0 saturated heterocycles. The van der Waals surface area contributed by atoms with Crippen LogP contribution in [0.1, 0.15) is 5.56 Å². The smallest absolute Gasteiger partial charge is 0.343 e. The fourth-order valence-electron chi connectivity index (χ4n) is 1.37.